The van der Waals surface area contributed by atoms with Gasteiger partial charge in [0.05, 0.1) is 4.90 Å². The van der Waals surface area contributed by atoms with Gasteiger partial charge in [-0.25, -0.2) is 8.42 Å². The molecular formula is C21H28N4O4S. The van der Waals surface area contributed by atoms with E-state index in [0.717, 1.165) is 45.2 Å². The van der Waals surface area contributed by atoms with E-state index in [1.165, 1.54) is 6.42 Å². The molecule has 0 bridgehead atoms. The topological polar surface area (TPSA) is 96.6 Å². The average molecular weight is 433 g/mol. The standard InChI is InChI=1S/C21H28N4O4S/c26-20(24-13-3-1-4-14-24)12-11-19-22-21(23-29-19)17-7-9-18(10-8-17)30(27,28)25-15-5-2-6-16-25/h7-10H,1-6,11-16H2. The number of piperidine rings is 2. The molecule has 2 aliphatic rings. The van der Waals surface area contributed by atoms with Crippen LogP contribution in [0.3, 0.4) is 0 Å². The second kappa shape index (κ2) is 9.26. The van der Waals surface area contributed by atoms with Crippen LogP contribution in [0.5, 0.6) is 0 Å². The molecule has 0 aliphatic carbocycles. The van der Waals surface area contributed by atoms with E-state index in [1.807, 2.05) is 4.90 Å². The van der Waals surface area contributed by atoms with Crippen molar-refractivity contribution in [2.24, 2.45) is 0 Å². The number of nitrogens with zero attached hydrogens (tertiary/aromatic N) is 4. The molecule has 0 N–H and O–H groups in total. The molecule has 3 heterocycles. The Hall–Kier alpha value is -2.26. The van der Waals surface area contributed by atoms with Gasteiger partial charge in [-0.2, -0.15) is 9.29 Å². The van der Waals surface area contributed by atoms with Crippen molar-refractivity contribution in [3.8, 4) is 11.4 Å². The van der Waals surface area contributed by atoms with Crippen molar-refractivity contribution in [3.05, 3.63) is 30.2 Å². The fourth-order valence-corrected chi connectivity index (χ4v) is 5.54. The van der Waals surface area contributed by atoms with Gasteiger partial charge in [0.2, 0.25) is 27.6 Å². The molecule has 1 aromatic carbocycles. The lowest BCUT2D eigenvalue weighted by atomic mass is 10.1. The molecule has 2 saturated heterocycles. The molecule has 0 unspecified atom stereocenters. The van der Waals surface area contributed by atoms with Crippen LogP contribution in [0.1, 0.15) is 50.8 Å². The first-order valence-electron chi connectivity index (χ1n) is 10.7. The molecular weight excluding hydrogens is 404 g/mol. The minimum Gasteiger partial charge on any atom is -0.343 e. The number of aromatic nitrogens is 2. The fraction of sp³-hybridized carbons (Fsp3) is 0.571. The lowest BCUT2D eigenvalue weighted by Gasteiger charge is -2.26. The van der Waals surface area contributed by atoms with Gasteiger partial charge < -0.3 is 9.42 Å². The number of hydrogen-bond acceptors (Lipinski definition) is 6. The molecule has 4 rings (SSSR count). The van der Waals surface area contributed by atoms with Gasteiger partial charge in [-0.05, 0) is 56.4 Å². The first kappa shape index (κ1) is 21.0. The van der Waals surface area contributed by atoms with E-state index in [4.69, 9.17) is 4.52 Å². The number of likely N-dealkylation sites (tertiary alicyclic amines) is 1. The Morgan fingerprint density at radius 1 is 0.933 bits per heavy atom. The highest BCUT2D eigenvalue weighted by molar-refractivity contribution is 7.89. The van der Waals surface area contributed by atoms with Crippen molar-refractivity contribution in [2.45, 2.75) is 56.3 Å². The number of rotatable bonds is 6. The molecule has 1 aromatic heterocycles. The highest BCUT2D eigenvalue weighted by Gasteiger charge is 2.26. The van der Waals surface area contributed by atoms with Crippen LogP contribution in [0.4, 0.5) is 0 Å². The van der Waals surface area contributed by atoms with Crippen molar-refractivity contribution in [1.82, 2.24) is 19.3 Å². The minimum atomic E-state index is -3.46. The number of hydrogen-bond donors (Lipinski definition) is 0. The highest BCUT2D eigenvalue weighted by atomic mass is 32.2. The summed E-state index contributed by atoms with van der Waals surface area (Å²) in [4.78, 5) is 18.8. The van der Waals surface area contributed by atoms with Crippen LogP contribution in [0.15, 0.2) is 33.7 Å². The van der Waals surface area contributed by atoms with Crippen molar-refractivity contribution in [1.29, 1.82) is 0 Å². The quantitative estimate of drug-likeness (QED) is 0.696. The maximum atomic E-state index is 12.8. The molecule has 0 atom stereocenters. The van der Waals surface area contributed by atoms with Gasteiger partial charge in [-0.1, -0.05) is 11.6 Å². The Kier molecular flexibility index (Phi) is 6.48. The third kappa shape index (κ3) is 4.73. The van der Waals surface area contributed by atoms with Crippen LogP contribution in [0.25, 0.3) is 11.4 Å². The summed E-state index contributed by atoms with van der Waals surface area (Å²) in [5, 5.41) is 3.99. The zero-order valence-electron chi connectivity index (χ0n) is 17.1. The van der Waals surface area contributed by atoms with Gasteiger partial charge in [-0.3, -0.25) is 4.79 Å². The monoisotopic (exact) mass is 432 g/mol. The zero-order chi connectivity index (χ0) is 21.0. The Labute approximate surface area is 177 Å². The lowest BCUT2D eigenvalue weighted by Crippen LogP contribution is -2.35. The number of amides is 1. The van der Waals surface area contributed by atoms with E-state index in [2.05, 4.69) is 10.1 Å². The molecule has 1 amide bonds. The molecule has 8 nitrogen and oxygen atoms in total. The smallest absolute Gasteiger partial charge is 0.243 e. The van der Waals surface area contributed by atoms with E-state index in [9.17, 15) is 13.2 Å². The van der Waals surface area contributed by atoms with E-state index >= 15 is 0 Å². The number of carbonyl (C=O) groups excluding carboxylic acids is 1. The maximum Gasteiger partial charge on any atom is 0.243 e. The molecule has 30 heavy (non-hydrogen) atoms. The Balaban J connectivity index is 1.38. The summed E-state index contributed by atoms with van der Waals surface area (Å²) in [7, 11) is -3.46. The van der Waals surface area contributed by atoms with Crippen molar-refractivity contribution in [2.75, 3.05) is 26.2 Å². The summed E-state index contributed by atoms with van der Waals surface area (Å²) in [5.41, 5.74) is 0.685. The largest absolute Gasteiger partial charge is 0.343 e. The van der Waals surface area contributed by atoms with Crippen LogP contribution < -0.4 is 0 Å². The normalized spacial score (nSPS) is 18.5. The molecule has 2 fully saturated rings. The number of benzene rings is 1. The molecule has 162 valence electrons. The van der Waals surface area contributed by atoms with E-state index in [1.54, 1.807) is 28.6 Å². The van der Waals surface area contributed by atoms with Crippen LogP contribution >= 0.6 is 0 Å². The predicted octanol–water partition coefficient (Wildman–Crippen LogP) is 2.86. The maximum absolute atomic E-state index is 12.8. The second-order valence-electron chi connectivity index (χ2n) is 7.94. The first-order chi connectivity index (χ1) is 14.5. The molecule has 0 radical (unpaired) electrons. The number of aryl methyl sites for hydroxylation is 1. The van der Waals surface area contributed by atoms with Gasteiger partial charge in [0, 0.05) is 44.6 Å². The van der Waals surface area contributed by atoms with E-state index in [-0.39, 0.29) is 10.8 Å². The molecule has 0 saturated carbocycles. The Morgan fingerprint density at radius 2 is 1.57 bits per heavy atom. The van der Waals surface area contributed by atoms with Gasteiger partial charge in [0.1, 0.15) is 0 Å². The van der Waals surface area contributed by atoms with Crippen molar-refractivity contribution < 1.29 is 17.7 Å². The number of sulfonamides is 1. The average Bonchev–Trinajstić information content (AvgIpc) is 3.28. The van der Waals surface area contributed by atoms with Crippen LogP contribution in [-0.2, 0) is 21.2 Å². The first-order valence-corrected chi connectivity index (χ1v) is 12.2. The van der Waals surface area contributed by atoms with Crippen molar-refractivity contribution in [3.63, 3.8) is 0 Å². The second-order valence-corrected chi connectivity index (χ2v) is 9.88. The summed E-state index contributed by atoms with van der Waals surface area (Å²) < 4.78 is 32.4. The zero-order valence-corrected chi connectivity index (χ0v) is 17.9. The molecule has 2 aromatic rings. The van der Waals surface area contributed by atoms with Gasteiger partial charge in [0.25, 0.3) is 0 Å². The van der Waals surface area contributed by atoms with Crippen LogP contribution in [0, 0.1) is 0 Å². The number of carbonyl (C=O) groups is 1. The third-order valence-corrected chi connectivity index (χ3v) is 7.71. The molecule has 0 spiro atoms. The SMILES string of the molecule is O=C(CCc1nc(-c2ccc(S(=O)(=O)N3CCCCC3)cc2)no1)N1CCCCC1. The predicted molar refractivity (Wildman–Crippen MR) is 111 cm³/mol. The van der Waals surface area contributed by atoms with Gasteiger partial charge >= 0.3 is 0 Å². The van der Waals surface area contributed by atoms with Crippen LogP contribution in [-0.4, -0.2) is 59.8 Å². The summed E-state index contributed by atoms with van der Waals surface area (Å²) >= 11 is 0. The lowest BCUT2D eigenvalue weighted by molar-refractivity contribution is -0.132. The molecule has 2 aliphatic heterocycles. The fourth-order valence-electron chi connectivity index (χ4n) is 4.02. The van der Waals surface area contributed by atoms with Gasteiger partial charge in [0.15, 0.2) is 0 Å². The van der Waals surface area contributed by atoms with Crippen molar-refractivity contribution >= 4 is 15.9 Å². The summed E-state index contributed by atoms with van der Waals surface area (Å²) in [6.45, 7) is 2.82. The highest BCUT2D eigenvalue weighted by Crippen LogP contribution is 2.24. The minimum absolute atomic E-state index is 0.127. The van der Waals surface area contributed by atoms with Gasteiger partial charge in [-0.15, -0.1) is 0 Å². The molecule has 9 heteroatoms. The van der Waals surface area contributed by atoms with E-state index < -0.39 is 10.0 Å². The Bertz CT molecular complexity index is 959. The van der Waals surface area contributed by atoms with Crippen LogP contribution in [0.2, 0.25) is 0 Å². The third-order valence-electron chi connectivity index (χ3n) is 5.79. The summed E-state index contributed by atoms with van der Waals surface area (Å²) in [6.07, 6.45) is 6.98. The summed E-state index contributed by atoms with van der Waals surface area (Å²) in [6, 6.07) is 6.58. The Morgan fingerprint density at radius 3 is 2.23 bits per heavy atom. The van der Waals surface area contributed by atoms with E-state index in [0.29, 0.717) is 43.2 Å². The summed E-state index contributed by atoms with van der Waals surface area (Å²) in [5.74, 6) is 0.944.